The van der Waals surface area contributed by atoms with Gasteiger partial charge in [0.2, 0.25) is 0 Å². The molecule has 3 heteroatoms. The van der Waals surface area contributed by atoms with Gasteiger partial charge in [0.25, 0.3) is 0 Å². The zero-order valence-corrected chi connectivity index (χ0v) is 31.9. The maximum absolute atomic E-state index is 2.44. The molecule has 0 fully saturated rings. The first-order valence-electron chi connectivity index (χ1n) is 19.4. The number of thiophene rings is 1. The lowest BCUT2D eigenvalue weighted by Gasteiger charge is -2.29. The van der Waals surface area contributed by atoms with Gasteiger partial charge in [0, 0.05) is 53.6 Å². The number of fused-ring (bicyclic) bond motifs is 6. The molecule has 2 aromatic heterocycles. The number of aromatic nitrogens is 1. The van der Waals surface area contributed by atoms with Crippen molar-refractivity contribution in [1.82, 2.24) is 4.57 Å². The molecule has 0 radical (unpaired) electrons. The summed E-state index contributed by atoms with van der Waals surface area (Å²) in [4.78, 5) is 2.44. The lowest BCUT2D eigenvalue weighted by atomic mass is 9.88. The minimum absolute atomic E-state index is 1.09. The Bertz CT molecular complexity index is 3190. The number of rotatable bonds is 7. The summed E-state index contributed by atoms with van der Waals surface area (Å²) in [7, 11) is 0. The Morgan fingerprint density at radius 1 is 0.333 bits per heavy atom. The van der Waals surface area contributed by atoms with Crippen LogP contribution in [0, 0.1) is 0 Å². The Labute approximate surface area is 335 Å². The molecule has 0 spiro atoms. The molecule has 0 unspecified atom stereocenters. The molecule has 2 nitrogen and oxygen atoms in total. The van der Waals surface area contributed by atoms with E-state index in [1.165, 1.54) is 75.4 Å². The summed E-state index contributed by atoms with van der Waals surface area (Å²) in [6.45, 7) is 0. The first-order valence-corrected chi connectivity index (χ1v) is 20.3. The van der Waals surface area contributed by atoms with Gasteiger partial charge in [-0.1, -0.05) is 158 Å². The third-order valence-electron chi connectivity index (χ3n) is 11.2. The molecule has 0 aliphatic rings. The molecule has 2 heterocycles. The molecule has 0 bridgehead atoms. The standard InChI is InChI=1S/C54H36N2S/c1-2-16-37(17-3-1)41-18-4-5-19-42(41)43-20-6-7-21-44(43)45-22-8-12-26-50(45)55(40-34-35-49-48-25-11-15-29-53(48)57-54(49)36-40)38-30-32-39(33-31-38)56-51-27-13-9-23-46(51)47-24-10-14-28-52(47)56/h1-36H. The van der Waals surface area contributed by atoms with Crippen LogP contribution < -0.4 is 4.90 Å². The maximum Gasteiger partial charge on any atom is 0.0541 e. The molecule has 0 N–H and O–H groups in total. The van der Waals surface area contributed by atoms with Crippen molar-refractivity contribution in [2.75, 3.05) is 4.90 Å². The Balaban J connectivity index is 1.11. The minimum Gasteiger partial charge on any atom is -0.310 e. The number of hydrogen-bond acceptors (Lipinski definition) is 2. The van der Waals surface area contributed by atoms with Crippen LogP contribution in [0.15, 0.2) is 218 Å². The molecule has 0 aliphatic heterocycles. The molecule has 0 saturated carbocycles. The van der Waals surface area contributed by atoms with E-state index in [1.807, 2.05) is 11.3 Å². The van der Waals surface area contributed by atoms with E-state index < -0.39 is 0 Å². The Morgan fingerprint density at radius 3 is 1.53 bits per heavy atom. The van der Waals surface area contributed by atoms with Crippen LogP contribution in [0.2, 0.25) is 0 Å². The molecule has 0 amide bonds. The van der Waals surface area contributed by atoms with Crippen molar-refractivity contribution in [3.05, 3.63) is 218 Å². The lowest BCUT2D eigenvalue weighted by Crippen LogP contribution is -2.11. The van der Waals surface area contributed by atoms with Crippen molar-refractivity contribution in [1.29, 1.82) is 0 Å². The number of anilines is 3. The highest BCUT2D eigenvalue weighted by atomic mass is 32.1. The molecule has 268 valence electrons. The number of hydrogen-bond donors (Lipinski definition) is 0. The quantitative estimate of drug-likeness (QED) is 0.158. The van der Waals surface area contributed by atoms with E-state index in [9.17, 15) is 0 Å². The summed E-state index contributed by atoms with van der Waals surface area (Å²) in [5.74, 6) is 0. The van der Waals surface area contributed by atoms with E-state index in [1.54, 1.807) is 0 Å². The Morgan fingerprint density at radius 2 is 0.825 bits per heavy atom. The average Bonchev–Trinajstić information content (AvgIpc) is 3.83. The first kappa shape index (κ1) is 33.2. The van der Waals surface area contributed by atoms with Crippen LogP contribution in [-0.4, -0.2) is 4.57 Å². The van der Waals surface area contributed by atoms with Crippen LogP contribution in [0.25, 0.3) is 81.0 Å². The van der Waals surface area contributed by atoms with Gasteiger partial charge in [-0.3, -0.25) is 0 Å². The Hall–Kier alpha value is -7.20. The van der Waals surface area contributed by atoms with E-state index in [0.717, 1.165) is 22.7 Å². The molecule has 57 heavy (non-hydrogen) atoms. The molecule has 0 saturated heterocycles. The van der Waals surface area contributed by atoms with E-state index in [0.29, 0.717) is 0 Å². The highest BCUT2D eigenvalue weighted by Crippen LogP contribution is 2.47. The van der Waals surface area contributed by atoms with Crippen LogP contribution in [0.4, 0.5) is 17.1 Å². The predicted octanol–water partition coefficient (Wildman–Crippen LogP) is 15.6. The minimum atomic E-state index is 1.09. The van der Waals surface area contributed by atoms with Gasteiger partial charge in [0.05, 0.1) is 16.7 Å². The second-order valence-electron chi connectivity index (χ2n) is 14.5. The van der Waals surface area contributed by atoms with Gasteiger partial charge in [-0.05, 0) is 88.5 Å². The molecule has 11 rings (SSSR count). The SMILES string of the molecule is c1ccc(-c2ccccc2-c2ccccc2-c2ccccc2N(c2ccc(-n3c4ccccc4c4ccccc43)cc2)c2ccc3c(c2)sc2ccccc23)cc1. The van der Waals surface area contributed by atoms with Gasteiger partial charge in [-0.25, -0.2) is 0 Å². The monoisotopic (exact) mass is 744 g/mol. The fourth-order valence-corrected chi connectivity index (χ4v) is 9.81. The molecule has 9 aromatic carbocycles. The van der Waals surface area contributed by atoms with Crippen molar-refractivity contribution >= 4 is 70.4 Å². The summed E-state index contributed by atoms with van der Waals surface area (Å²) in [5, 5.41) is 5.11. The van der Waals surface area contributed by atoms with Crippen molar-refractivity contribution in [2.24, 2.45) is 0 Å². The van der Waals surface area contributed by atoms with Crippen LogP contribution in [0.3, 0.4) is 0 Å². The normalized spacial score (nSPS) is 11.5. The van der Waals surface area contributed by atoms with Crippen LogP contribution in [-0.2, 0) is 0 Å². The first-order chi connectivity index (χ1) is 28.3. The highest BCUT2D eigenvalue weighted by molar-refractivity contribution is 7.25. The summed E-state index contributed by atoms with van der Waals surface area (Å²) in [5.41, 5.74) is 14.1. The largest absolute Gasteiger partial charge is 0.310 e. The smallest absolute Gasteiger partial charge is 0.0541 e. The van der Waals surface area contributed by atoms with Gasteiger partial charge in [-0.2, -0.15) is 0 Å². The van der Waals surface area contributed by atoms with Crippen molar-refractivity contribution in [3.8, 4) is 39.1 Å². The zero-order chi connectivity index (χ0) is 37.7. The summed E-state index contributed by atoms with van der Waals surface area (Å²) >= 11 is 1.86. The van der Waals surface area contributed by atoms with Crippen molar-refractivity contribution in [2.45, 2.75) is 0 Å². The molecular weight excluding hydrogens is 709 g/mol. The summed E-state index contributed by atoms with van der Waals surface area (Å²) in [6.07, 6.45) is 0. The lowest BCUT2D eigenvalue weighted by molar-refractivity contribution is 1.17. The third kappa shape index (κ3) is 5.63. The van der Waals surface area contributed by atoms with Crippen LogP contribution in [0.5, 0.6) is 0 Å². The zero-order valence-electron chi connectivity index (χ0n) is 31.1. The van der Waals surface area contributed by atoms with Gasteiger partial charge in [0.15, 0.2) is 0 Å². The fourth-order valence-electron chi connectivity index (χ4n) is 8.67. The third-order valence-corrected chi connectivity index (χ3v) is 12.4. The van der Waals surface area contributed by atoms with Gasteiger partial charge >= 0.3 is 0 Å². The van der Waals surface area contributed by atoms with E-state index in [-0.39, 0.29) is 0 Å². The molecule has 11 aromatic rings. The van der Waals surface area contributed by atoms with Gasteiger partial charge < -0.3 is 9.47 Å². The summed E-state index contributed by atoms with van der Waals surface area (Å²) < 4.78 is 4.96. The van der Waals surface area contributed by atoms with E-state index in [2.05, 4.69) is 228 Å². The summed E-state index contributed by atoms with van der Waals surface area (Å²) in [6, 6.07) is 79.4. The topological polar surface area (TPSA) is 8.17 Å². The van der Waals surface area contributed by atoms with Gasteiger partial charge in [0.1, 0.15) is 0 Å². The van der Waals surface area contributed by atoms with Crippen LogP contribution in [0.1, 0.15) is 0 Å². The van der Waals surface area contributed by atoms with Crippen molar-refractivity contribution in [3.63, 3.8) is 0 Å². The van der Waals surface area contributed by atoms with Crippen molar-refractivity contribution < 1.29 is 0 Å². The average molecular weight is 745 g/mol. The number of benzene rings is 9. The second kappa shape index (κ2) is 13.8. The molecular formula is C54H36N2S. The predicted molar refractivity (Wildman–Crippen MR) is 245 cm³/mol. The van der Waals surface area contributed by atoms with Crippen LogP contribution >= 0.6 is 11.3 Å². The maximum atomic E-state index is 2.44. The van der Waals surface area contributed by atoms with E-state index in [4.69, 9.17) is 0 Å². The number of para-hydroxylation sites is 3. The molecule has 0 aliphatic carbocycles. The fraction of sp³-hybridized carbons (Fsp3) is 0. The number of nitrogens with zero attached hydrogens (tertiary/aromatic N) is 2. The van der Waals surface area contributed by atoms with E-state index >= 15 is 0 Å². The molecule has 0 atom stereocenters. The van der Waals surface area contributed by atoms with Gasteiger partial charge in [-0.15, -0.1) is 11.3 Å². The second-order valence-corrected chi connectivity index (χ2v) is 15.6. The Kier molecular flexibility index (Phi) is 8.04. The highest BCUT2D eigenvalue weighted by Gasteiger charge is 2.21.